The molecule has 0 saturated heterocycles. The van der Waals surface area contributed by atoms with Crippen molar-refractivity contribution >= 4 is 23.3 Å². The van der Waals surface area contributed by atoms with Crippen molar-refractivity contribution in [1.82, 2.24) is 0 Å². The van der Waals surface area contributed by atoms with E-state index in [-0.39, 0.29) is 17.6 Å². The summed E-state index contributed by atoms with van der Waals surface area (Å²) in [6.07, 6.45) is 0. The number of rotatable bonds is 6. The van der Waals surface area contributed by atoms with Crippen LogP contribution in [0.1, 0.15) is 28.8 Å². The number of carbonyl (C=O) groups is 3. The van der Waals surface area contributed by atoms with Crippen molar-refractivity contribution in [3.8, 4) is 5.75 Å². The smallest absolute Gasteiger partial charge is 0.344 e. The third-order valence-corrected chi connectivity index (χ3v) is 4.01. The van der Waals surface area contributed by atoms with E-state index in [0.717, 1.165) is 11.6 Å². The topological polar surface area (TPSA) is 81.7 Å². The molecule has 2 aromatic rings. The molecule has 0 unspecified atom stereocenters. The Morgan fingerprint density at radius 1 is 1.15 bits per heavy atom. The lowest BCUT2D eigenvalue weighted by Crippen LogP contribution is -2.19. The lowest BCUT2D eigenvalue weighted by atomic mass is 9.99. The molecule has 6 nitrogen and oxygen atoms in total. The largest absolute Gasteiger partial charge is 0.482 e. The minimum atomic E-state index is -0.742. The normalized spacial score (nSPS) is 15.2. The number of esters is 1. The van der Waals surface area contributed by atoms with Gasteiger partial charge in [-0.05, 0) is 42.8 Å². The minimum Gasteiger partial charge on any atom is -0.482 e. The lowest BCUT2D eigenvalue weighted by molar-refractivity contribution is -0.144. The lowest BCUT2D eigenvalue weighted by Gasteiger charge is -2.08. The van der Waals surface area contributed by atoms with Crippen LogP contribution in [-0.2, 0) is 14.3 Å². The second-order valence-electron chi connectivity index (χ2n) is 5.84. The predicted octanol–water partition coefficient (Wildman–Crippen LogP) is 2.69. The molecule has 0 aromatic heterocycles. The molecular formula is C19H16FNO5. The fraction of sp³-hybridized carbons (Fsp3) is 0.211. The molecule has 0 bridgehead atoms. The summed E-state index contributed by atoms with van der Waals surface area (Å²) in [7, 11) is 0. The Labute approximate surface area is 148 Å². The van der Waals surface area contributed by atoms with Gasteiger partial charge in [-0.2, -0.15) is 0 Å². The molecule has 1 atom stereocenters. The quantitative estimate of drug-likeness (QED) is 0.635. The van der Waals surface area contributed by atoms with Crippen molar-refractivity contribution in [1.29, 1.82) is 0 Å². The molecule has 1 aliphatic rings. The summed E-state index contributed by atoms with van der Waals surface area (Å²) in [5.74, 6) is -1.87. The highest BCUT2D eigenvalue weighted by Crippen LogP contribution is 2.32. The molecule has 1 amide bonds. The molecule has 1 heterocycles. The number of ether oxygens (including phenoxy) is 2. The van der Waals surface area contributed by atoms with Crippen LogP contribution in [0.25, 0.3) is 0 Å². The van der Waals surface area contributed by atoms with Gasteiger partial charge in [-0.3, -0.25) is 9.59 Å². The molecule has 0 saturated carbocycles. The maximum atomic E-state index is 13.0. The number of amides is 1. The number of ketones is 1. The number of nitrogens with one attached hydrogen (secondary N) is 1. The Balaban J connectivity index is 1.53. The first kappa shape index (κ1) is 17.6. The highest BCUT2D eigenvalue weighted by atomic mass is 19.1. The second-order valence-corrected chi connectivity index (χ2v) is 5.84. The van der Waals surface area contributed by atoms with Crippen molar-refractivity contribution < 1.29 is 28.2 Å². The van der Waals surface area contributed by atoms with Crippen LogP contribution in [0.4, 0.5) is 10.1 Å². The molecule has 2 aromatic carbocycles. The number of benzene rings is 2. The standard InChI is InChI=1S/C19H16FNO5/c1-11-15-7-12(5-6-16(15)21-19(11)24)17(22)9-26-18(23)10-25-14-4-2-3-13(20)8-14/h2-8,11H,9-10H2,1H3,(H,21,24)/t11-/m0/s1. The zero-order valence-corrected chi connectivity index (χ0v) is 14.0. The van der Waals surface area contributed by atoms with Crippen LogP contribution in [-0.4, -0.2) is 30.9 Å². The number of fused-ring (bicyclic) bond motifs is 1. The molecule has 0 fully saturated rings. The predicted molar refractivity (Wildman–Crippen MR) is 90.7 cm³/mol. The average Bonchev–Trinajstić information content (AvgIpc) is 2.91. The molecule has 134 valence electrons. The minimum absolute atomic E-state index is 0.120. The third-order valence-electron chi connectivity index (χ3n) is 4.01. The molecule has 3 rings (SSSR count). The first-order chi connectivity index (χ1) is 12.4. The van der Waals surface area contributed by atoms with E-state index < -0.39 is 30.8 Å². The number of carbonyl (C=O) groups excluding carboxylic acids is 3. The number of halogens is 1. The number of hydrogen-bond acceptors (Lipinski definition) is 5. The van der Waals surface area contributed by atoms with Crippen molar-refractivity contribution in [2.24, 2.45) is 0 Å². The highest BCUT2D eigenvalue weighted by Gasteiger charge is 2.27. The van der Waals surface area contributed by atoms with E-state index in [2.05, 4.69) is 5.32 Å². The Kier molecular flexibility index (Phi) is 4.97. The molecule has 7 heteroatoms. The summed E-state index contributed by atoms with van der Waals surface area (Å²) in [5.41, 5.74) is 1.77. The number of hydrogen-bond donors (Lipinski definition) is 1. The van der Waals surface area contributed by atoms with Crippen LogP contribution in [0.3, 0.4) is 0 Å². The van der Waals surface area contributed by atoms with Crippen molar-refractivity contribution in [2.45, 2.75) is 12.8 Å². The van der Waals surface area contributed by atoms with E-state index in [4.69, 9.17) is 9.47 Å². The first-order valence-electron chi connectivity index (χ1n) is 7.96. The van der Waals surface area contributed by atoms with Crippen LogP contribution in [0.5, 0.6) is 5.75 Å². The van der Waals surface area contributed by atoms with Crippen LogP contribution in [0, 0.1) is 5.82 Å². The molecule has 1 aliphatic heterocycles. The second kappa shape index (κ2) is 7.35. The van der Waals surface area contributed by atoms with Crippen LogP contribution < -0.4 is 10.1 Å². The highest BCUT2D eigenvalue weighted by molar-refractivity contribution is 6.05. The van der Waals surface area contributed by atoms with Gasteiger partial charge in [0.2, 0.25) is 5.91 Å². The molecule has 26 heavy (non-hydrogen) atoms. The first-order valence-corrected chi connectivity index (χ1v) is 7.96. The van der Waals surface area contributed by atoms with Crippen LogP contribution in [0.15, 0.2) is 42.5 Å². The van der Waals surface area contributed by atoms with Gasteiger partial charge in [0, 0.05) is 17.3 Å². The van der Waals surface area contributed by atoms with Gasteiger partial charge in [0.1, 0.15) is 11.6 Å². The fourth-order valence-corrected chi connectivity index (χ4v) is 2.56. The Hall–Kier alpha value is -3.22. The molecule has 0 aliphatic carbocycles. The molecular weight excluding hydrogens is 341 g/mol. The summed E-state index contributed by atoms with van der Waals surface area (Å²) in [4.78, 5) is 35.5. The van der Waals surface area contributed by atoms with Gasteiger partial charge in [0.25, 0.3) is 0 Å². The van der Waals surface area contributed by atoms with Gasteiger partial charge < -0.3 is 14.8 Å². The monoisotopic (exact) mass is 357 g/mol. The number of anilines is 1. The summed E-state index contributed by atoms with van der Waals surface area (Å²) >= 11 is 0. The van der Waals surface area contributed by atoms with Crippen LogP contribution >= 0.6 is 0 Å². The van der Waals surface area contributed by atoms with E-state index >= 15 is 0 Å². The van der Waals surface area contributed by atoms with Gasteiger partial charge in [0.15, 0.2) is 19.0 Å². The van der Waals surface area contributed by atoms with Gasteiger partial charge in [-0.15, -0.1) is 0 Å². The Bertz CT molecular complexity index is 880. The van der Waals surface area contributed by atoms with Crippen LogP contribution in [0.2, 0.25) is 0 Å². The van der Waals surface area contributed by atoms with Gasteiger partial charge in [-0.25, -0.2) is 9.18 Å². The SMILES string of the molecule is C[C@@H]1C(=O)Nc2ccc(C(=O)COC(=O)COc3cccc(F)c3)cc21. The van der Waals surface area contributed by atoms with Crippen molar-refractivity contribution in [3.05, 3.63) is 59.4 Å². The van der Waals surface area contributed by atoms with Gasteiger partial charge in [0.05, 0.1) is 5.92 Å². The summed E-state index contributed by atoms with van der Waals surface area (Å²) in [6, 6.07) is 10.2. The van der Waals surface area contributed by atoms with Crippen molar-refractivity contribution in [2.75, 3.05) is 18.5 Å². The Morgan fingerprint density at radius 2 is 1.96 bits per heavy atom. The summed E-state index contributed by atoms with van der Waals surface area (Å²) < 4.78 is 23.0. The van der Waals surface area contributed by atoms with Gasteiger partial charge in [-0.1, -0.05) is 6.07 Å². The van der Waals surface area contributed by atoms with E-state index in [1.165, 1.54) is 18.2 Å². The maximum absolute atomic E-state index is 13.0. The molecule has 0 spiro atoms. The fourth-order valence-electron chi connectivity index (χ4n) is 2.56. The van der Waals surface area contributed by atoms with Crippen molar-refractivity contribution in [3.63, 3.8) is 0 Å². The molecule has 1 N–H and O–H groups in total. The maximum Gasteiger partial charge on any atom is 0.344 e. The number of Topliss-reactive ketones (excluding diaryl/α,β-unsaturated/α-hetero) is 1. The van der Waals surface area contributed by atoms with E-state index in [9.17, 15) is 18.8 Å². The van der Waals surface area contributed by atoms with E-state index in [0.29, 0.717) is 11.3 Å². The van der Waals surface area contributed by atoms with Gasteiger partial charge >= 0.3 is 5.97 Å². The van der Waals surface area contributed by atoms with E-state index in [1.54, 1.807) is 25.1 Å². The summed E-state index contributed by atoms with van der Waals surface area (Å²) in [6.45, 7) is 0.871. The molecule has 0 radical (unpaired) electrons. The third kappa shape index (κ3) is 3.88. The summed E-state index contributed by atoms with van der Waals surface area (Å²) in [5, 5.41) is 2.72. The zero-order chi connectivity index (χ0) is 18.7. The Morgan fingerprint density at radius 3 is 2.73 bits per heavy atom. The average molecular weight is 357 g/mol. The zero-order valence-electron chi connectivity index (χ0n) is 14.0. The van der Waals surface area contributed by atoms with E-state index in [1.807, 2.05) is 0 Å².